The highest BCUT2D eigenvalue weighted by Gasteiger charge is 1.97. The maximum atomic E-state index is 5.88. The molecule has 0 atom stereocenters. The van der Waals surface area contributed by atoms with Crippen LogP contribution in [0.15, 0.2) is 42.5 Å². The summed E-state index contributed by atoms with van der Waals surface area (Å²) in [7, 11) is 0. The van der Waals surface area contributed by atoms with Gasteiger partial charge in [-0.15, -0.1) is 0 Å². The summed E-state index contributed by atoms with van der Waals surface area (Å²) in [6.45, 7) is 2.73. The fourth-order valence-corrected chi connectivity index (χ4v) is 1.98. The summed E-state index contributed by atoms with van der Waals surface area (Å²) in [5, 5.41) is 3.33. The first-order chi connectivity index (χ1) is 9.56. The van der Waals surface area contributed by atoms with Gasteiger partial charge in [-0.1, -0.05) is 12.2 Å². The minimum Gasteiger partial charge on any atom is -0.399 e. The van der Waals surface area contributed by atoms with Gasteiger partial charge in [0, 0.05) is 29.3 Å². The van der Waals surface area contributed by atoms with Gasteiger partial charge in [-0.3, -0.25) is 0 Å². The number of hydrogen-bond donors (Lipinski definition) is 4. The molecule has 0 aliphatic rings. The third kappa shape index (κ3) is 3.45. The zero-order valence-electron chi connectivity index (χ0n) is 11.6. The van der Waals surface area contributed by atoms with Crippen LogP contribution >= 0.6 is 0 Å². The van der Waals surface area contributed by atoms with Crippen molar-refractivity contribution in [3.63, 3.8) is 0 Å². The maximum Gasteiger partial charge on any atom is 0.0389 e. The highest BCUT2D eigenvalue weighted by Crippen LogP contribution is 2.18. The number of benzene rings is 2. The van der Waals surface area contributed by atoms with Crippen molar-refractivity contribution in [1.29, 1.82) is 0 Å². The molecule has 4 heteroatoms. The molecule has 0 spiro atoms. The highest BCUT2D eigenvalue weighted by molar-refractivity contribution is 5.68. The fourth-order valence-electron chi connectivity index (χ4n) is 1.98. The molecular formula is C16H20N4. The SMILES string of the molecule is Cc1cc(N)ccc1NCC=Cc1cc(N)ccc1N. The second-order valence-corrected chi connectivity index (χ2v) is 4.75. The van der Waals surface area contributed by atoms with Crippen molar-refractivity contribution in [3.8, 4) is 0 Å². The first kappa shape index (κ1) is 13.8. The van der Waals surface area contributed by atoms with Gasteiger partial charge in [0.15, 0.2) is 0 Å². The number of rotatable bonds is 4. The largest absolute Gasteiger partial charge is 0.399 e. The number of nitrogens with one attached hydrogen (secondary N) is 1. The molecule has 0 heterocycles. The zero-order valence-corrected chi connectivity index (χ0v) is 11.6. The van der Waals surface area contributed by atoms with Crippen LogP contribution in [0.2, 0.25) is 0 Å². The number of aryl methyl sites for hydroxylation is 1. The van der Waals surface area contributed by atoms with E-state index in [1.807, 2.05) is 49.4 Å². The van der Waals surface area contributed by atoms with E-state index in [2.05, 4.69) is 5.32 Å². The molecule has 2 aromatic rings. The fraction of sp³-hybridized carbons (Fsp3) is 0.125. The summed E-state index contributed by atoms with van der Waals surface area (Å²) in [6, 6.07) is 11.3. The van der Waals surface area contributed by atoms with Crippen LogP contribution < -0.4 is 22.5 Å². The number of anilines is 4. The van der Waals surface area contributed by atoms with Gasteiger partial charge in [0.25, 0.3) is 0 Å². The average Bonchev–Trinajstić information content (AvgIpc) is 2.40. The van der Waals surface area contributed by atoms with Crippen LogP contribution in [0.3, 0.4) is 0 Å². The number of hydrogen-bond acceptors (Lipinski definition) is 4. The topological polar surface area (TPSA) is 90.1 Å². The summed E-state index contributed by atoms with van der Waals surface area (Å²) in [4.78, 5) is 0. The van der Waals surface area contributed by atoms with Gasteiger partial charge in [-0.2, -0.15) is 0 Å². The Morgan fingerprint density at radius 2 is 1.70 bits per heavy atom. The Morgan fingerprint density at radius 1 is 1.00 bits per heavy atom. The van der Waals surface area contributed by atoms with Gasteiger partial charge in [-0.25, -0.2) is 0 Å². The van der Waals surface area contributed by atoms with E-state index in [0.717, 1.165) is 28.2 Å². The molecule has 0 radical (unpaired) electrons. The monoisotopic (exact) mass is 268 g/mol. The van der Waals surface area contributed by atoms with Crippen LogP contribution in [-0.2, 0) is 0 Å². The summed E-state index contributed by atoms with van der Waals surface area (Å²) in [5.74, 6) is 0. The molecule has 0 saturated carbocycles. The first-order valence-corrected chi connectivity index (χ1v) is 6.48. The van der Waals surface area contributed by atoms with Crippen LogP contribution in [0.25, 0.3) is 6.08 Å². The molecule has 4 nitrogen and oxygen atoms in total. The molecule has 0 bridgehead atoms. The number of nitrogens with two attached hydrogens (primary N) is 3. The van der Waals surface area contributed by atoms with Crippen molar-refractivity contribution in [1.82, 2.24) is 0 Å². The Labute approximate surface area is 119 Å². The van der Waals surface area contributed by atoms with Gasteiger partial charge in [-0.05, 0) is 54.4 Å². The third-order valence-corrected chi connectivity index (χ3v) is 3.07. The van der Waals surface area contributed by atoms with E-state index in [1.54, 1.807) is 6.07 Å². The Hall–Kier alpha value is -2.62. The van der Waals surface area contributed by atoms with E-state index < -0.39 is 0 Å². The molecule has 2 rings (SSSR count). The van der Waals surface area contributed by atoms with Crippen molar-refractivity contribution in [2.45, 2.75) is 6.92 Å². The van der Waals surface area contributed by atoms with Crippen LogP contribution in [0, 0.1) is 6.92 Å². The van der Waals surface area contributed by atoms with Gasteiger partial charge < -0.3 is 22.5 Å². The maximum absolute atomic E-state index is 5.88. The lowest BCUT2D eigenvalue weighted by molar-refractivity contribution is 1.31. The molecule has 2 aromatic carbocycles. The minimum absolute atomic E-state index is 0.707. The molecular weight excluding hydrogens is 248 g/mol. The van der Waals surface area contributed by atoms with Gasteiger partial charge in [0.2, 0.25) is 0 Å². The molecule has 104 valence electrons. The molecule has 0 amide bonds. The minimum atomic E-state index is 0.707. The van der Waals surface area contributed by atoms with Crippen molar-refractivity contribution < 1.29 is 0 Å². The van der Waals surface area contributed by atoms with Crippen molar-refractivity contribution in [2.75, 3.05) is 29.1 Å². The molecule has 0 saturated heterocycles. The predicted octanol–water partition coefficient (Wildman–Crippen LogP) is 2.87. The van der Waals surface area contributed by atoms with Gasteiger partial charge >= 0.3 is 0 Å². The van der Waals surface area contributed by atoms with E-state index in [4.69, 9.17) is 17.2 Å². The summed E-state index contributed by atoms with van der Waals surface area (Å²) in [5.41, 5.74) is 22.7. The molecule has 7 N–H and O–H groups in total. The summed E-state index contributed by atoms with van der Waals surface area (Å²) in [6.07, 6.45) is 3.98. The standard InChI is InChI=1S/C16H20N4/c1-11-9-13(17)5-7-16(11)20-8-2-3-12-10-14(18)4-6-15(12)19/h2-7,9-10,20H,8,17-19H2,1H3. The van der Waals surface area contributed by atoms with Crippen LogP contribution in [0.5, 0.6) is 0 Å². The van der Waals surface area contributed by atoms with E-state index in [9.17, 15) is 0 Å². The second kappa shape index (κ2) is 6.02. The Kier molecular flexibility index (Phi) is 4.15. The van der Waals surface area contributed by atoms with Crippen molar-refractivity contribution >= 4 is 28.8 Å². The molecule has 20 heavy (non-hydrogen) atoms. The molecule has 0 fully saturated rings. The summed E-state index contributed by atoms with van der Waals surface area (Å²) < 4.78 is 0. The summed E-state index contributed by atoms with van der Waals surface area (Å²) >= 11 is 0. The second-order valence-electron chi connectivity index (χ2n) is 4.75. The highest BCUT2D eigenvalue weighted by atomic mass is 14.9. The Morgan fingerprint density at radius 3 is 2.45 bits per heavy atom. The quantitative estimate of drug-likeness (QED) is 0.642. The lowest BCUT2D eigenvalue weighted by atomic mass is 10.1. The predicted molar refractivity (Wildman–Crippen MR) is 88.4 cm³/mol. The average molecular weight is 268 g/mol. The molecule has 0 aliphatic carbocycles. The molecule has 0 aliphatic heterocycles. The smallest absolute Gasteiger partial charge is 0.0389 e. The van der Waals surface area contributed by atoms with Gasteiger partial charge in [0.1, 0.15) is 0 Å². The van der Waals surface area contributed by atoms with Gasteiger partial charge in [0.05, 0.1) is 0 Å². The Balaban J connectivity index is 1.98. The van der Waals surface area contributed by atoms with Crippen molar-refractivity contribution in [3.05, 3.63) is 53.6 Å². The third-order valence-electron chi connectivity index (χ3n) is 3.07. The Bertz CT molecular complexity index is 632. The van der Waals surface area contributed by atoms with E-state index in [0.29, 0.717) is 12.2 Å². The lowest BCUT2D eigenvalue weighted by Crippen LogP contribution is -2.01. The van der Waals surface area contributed by atoms with Crippen LogP contribution in [-0.4, -0.2) is 6.54 Å². The van der Waals surface area contributed by atoms with E-state index in [1.165, 1.54) is 0 Å². The molecule has 0 aromatic heterocycles. The van der Waals surface area contributed by atoms with E-state index in [-0.39, 0.29) is 0 Å². The van der Waals surface area contributed by atoms with Crippen LogP contribution in [0.4, 0.5) is 22.7 Å². The lowest BCUT2D eigenvalue weighted by Gasteiger charge is -2.08. The van der Waals surface area contributed by atoms with E-state index >= 15 is 0 Å². The van der Waals surface area contributed by atoms with Crippen molar-refractivity contribution in [2.24, 2.45) is 0 Å². The normalized spacial score (nSPS) is 10.8. The van der Waals surface area contributed by atoms with Crippen LogP contribution in [0.1, 0.15) is 11.1 Å². The first-order valence-electron chi connectivity index (χ1n) is 6.48. The molecule has 0 unspecified atom stereocenters. The zero-order chi connectivity index (χ0) is 14.5. The number of nitrogen functional groups attached to an aromatic ring is 3.